The maximum Gasteiger partial charge on any atom is 0.696 e. The molecule has 0 aliphatic heterocycles. The van der Waals surface area contributed by atoms with Gasteiger partial charge < -0.3 is 5.11 Å². The van der Waals surface area contributed by atoms with E-state index in [2.05, 4.69) is 9.05 Å². The Balaban J connectivity index is 0. The zero-order chi connectivity index (χ0) is 6.99. The van der Waals surface area contributed by atoms with E-state index in [1.165, 1.54) is 14.2 Å². The number of aliphatic hydroxyl groups is 1. The maximum absolute atomic E-state index is 9.88. The number of hydrogen-bond donors (Lipinski definition) is 1. The molecule has 0 fully saturated rings. The van der Waals surface area contributed by atoms with Gasteiger partial charge in [0.1, 0.15) is 0 Å². The van der Waals surface area contributed by atoms with E-state index < -0.39 is 8.25 Å². The van der Waals surface area contributed by atoms with Gasteiger partial charge in [-0.15, -0.1) is 9.05 Å². The lowest BCUT2D eigenvalue weighted by molar-refractivity contribution is 0.302. The molecule has 0 aliphatic carbocycles. The molecule has 0 aromatic heterocycles. The monoisotopic (exact) mass is 141 g/mol. The van der Waals surface area contributed by atoms with Crippen LogP contribution in [0.3, 0.4) is 0 Å². The molecule has 4 nitrogen and oxygen atoms in total. The van der Waals surface area contributed by atoms with E-state index in [1.807, 2.05) is 0 Å². The quantitative estimate of drug-likeness (QED) is 0.570. The Kier molecular flexibility index (Phi) is 13.7. The van der Waals surface area contributed by atoms with Crippen LogP contribution in [0.15, 0.2) is 0 Å². The van der Waals surface area contributed by atoms with Crippen molar-refractivity contribution in [2.24, 2.45) is 0 Å². The van der Waals surface area contributed by atoms with Crippen molar-refractivity contribution < 1.29 is 18.7 Å². The second-order valence-electron chi connectivity index (χ2n) is 0.589. The molecule has 8 heavy (non-hydrogen) atoms. The van der Waals surface area contributed by atoms with E-state index in [4.69, 9.17) is 5.11 Å². The number of rotatable bonds is 2. The van der Waals surface area contributed by atoms with Crippen molar-refractivity contribution in [3.8, 4) is 0 Å². The first kappa shape index (κ1) is 10.9. The highest BCUT2D eigenvalue weighted by Crippen LogP contribution is 2.18. The fourth-order valence-corrected chi connectivity index (χ4v) is 0.224. The highest BCUT2D eigenvalue weighted by atomic mass is 31.1. The zero-order valence-corrected chi connectivity index (χ0v) is 6.01. The standard InChI is InChI=1S/C2H6O3P.CH4O/c1-4-6(3)5-2;1-2/h1-2H3;2H,1H3/q+1;. The van der Waals surface area contributed by atoms with Gasteiger partial charge in [0.15, 0.2) is 0 Å². The van der Waals surface area contributed by atoms with E-state index in [1.54, 1.807) is 0 Å². The van der Waals surface area contributed by atoms with Crippen LogP contribution in [0, 0.1) is 0 Å². The summed E-state index contributed by atoms with van der Waals surface area (Å²) in [6.07, 6.45) is 0. The normalized spacial score (nSPS) is 7.00. The molecule has 0 aromatic carbocycles. The van der Waals surface area contributed by atoms with Gasteiger partial charge in [0.05, 0.1) is 14.2 Å². The van der Waals surface area contributed by atoms with Crippen molar-refractivity contribution in [1.82, 2.24) is 0 Å². The van der Waals surface area contributed by atoms with Gasteiger partial charge in [0, 0.05) is 11.7 Å². The molecule has 0 heterocycles. The molecular formula is C3H10O4P+. The second-order valence-corrected chi connectivity index (χ2v) is 1.77. The molecule has 0 saturated heterocycles. The van der Waals surface area contributed by atoms with Crippen LogP contribution in [0.2, 0.25) is 0 Å². The van der Waals surface area contributed by atoms with Crippen molar-refractivity contribution in [3.05, 3.63) is 0 Å². The van der Waals surface area contributed by atoms with Crippen LogP contribution < -0.4 is 0 Å². The molecule has 0 unspecified atom stereocenters. The molecule has 0 radical (unpaired) electrons. The Labute approximate surface area is 49.4 Å². The summed E-state index contributed by atoms with van der Waals surface area (Å²) in [5, 5.41) is 7.00. The van der Waals surface area contributed by atoms with Gasteiger partial charge in [-0.1, -0.05) is 0 Å². The van der Waals surface area contributed by atoms with Gasteiger partial charge in [-0.05, 0) is 0 Å². The summed E-state index contributed by atoms with van der Waals surface area (Å²) in [6.45, 7) is 0. The predicted molar refractivity (Wildman–Crippen MR) is 29.8 cm³/mol. The SMILES string of the molecule is CO.CO[P+](=O)OC. The molecule has 0 aliphatic rings. The first-order chi connectivity index (χ1) is 3.81. The van der Waals surface area contributed by atoms with Crippen molar-refractivity contribution in [1.29, 1.82) is 0 Å². The highest BCUT2D eigenvalue weighted by Gasteiger charge is 2.10. The van der Waals surface area contributed by atoms with Crippen LogP contribution in [0.5, 0.6) is 0 Å². The topological polar surface area (TPSA) is 55.8 Å². The average molecular weight is 141 g/mol. The van der Waals surface area contributed by atoms with Crippen LogP contribution in [0.25, 0.3) is 0 Å². The minimum absolute atomic E-state index is 1.00. The third-order valence-electron chi connectivity index (χ3n) is 0.298. The number of aliphatic hydroxyl groups excluding tert-OH is 1. The highest BCUT2D eigenvalue weighted by molar-refractivity contribution is 7.33. The summed E-state index contributed by atoms with van der Waals surface area (Å²) in [6, 6.07) is 0. The van der Waals surface area contributed by atoms with Gasteiger partial charge >= 0.3 is 8.25 Å². The molecule has 0 rings (SSSR count). The first-order valence-electron chi connectivity index (χ1n) is 1.81. The van der Waals surface area contributed by atoms with Crippen LogP contribution >= 0.6 is 8.25 Å². The fourth-order valence-electron chi connectivity index (χ4n) is 0.0745. The van der Waals surface area contributed by atoms with Gasteiger partial charge in [0.2, 0.25) is 0 Å². The second kappa shape index (κ2) is 10.1. The molecule has 0 bridgehead atoms. The van der Waals surface area contributed by atoms with Crippen LogP contribution in [0.4, 0.5) is 0 Å². The lowest BCUT2D eigenvalue weighted by Crippen LogP contribution is -1.66. The summed E-state index contributed by atoms with van der Waals surface area (Å²) in [4.78, 5) is 0. The first-order valence-corrected chi connectivity index (χ1v) is 2.91. The van der Waals surface area contributed by atoms with Gasteiger partial charge in [0.25, 0.3) is 0 Å². The van der Waals surface area contributed by atoms with E-state index in [-0.39, 0.29) is 0 Å². The fraction of sp³-hybridized carbons (Fsp3) is 1.00. The summed E-state index contributed by atoms with van der Waals surface area (Å²) in [5.74, 6) is 0. The van der Waals surface area contributed by atoms with Crippen LogP contribution in [-0.2, 0) is 13.6 Å². The molecule has 5 heteroatoms. The Hall–Kier alpha value is -0.0200. The predicted octanol–water partition coefficient (Wildman–Crippen LogP) is 0.545. The Morgan fingerprint density at radius 3 is 1.50 bits per heavy atom. The van der Waals surface area contributed by atoms with Gasteiger partial charge in [-0.3, -0.25) is 0 Å². The summed E-state index contributed by atoms with van der Waals surface area (Å²) >= 11 is 0. The molecule has 1 N–H and O–H groups in total. The van der Waals surface area contributed by atoms with Crippen molar-refractivity contribution in [2.75, 3.05) is 21.3 Å². The van der Waals surface area contributed by atoms with Crippen molar-refractivity contribution in [3.63, 3.8) is 0 Å². The largest absolute Gasteiger partial charge is 0.696 e. The maximum atomic E-state index is 9.88. The van der Waals surface area contributed by atoms with E-state index in [9.17, 15) is 4.57 Å². The van der Waals surface area contributed by atoms with E-state index >= 15 is 0 Å². The van der Waals surface area contributed by atoms with Crippen molar-refractivity contribution in [2.45, 2.75) is 0 Å². The lowest BCUT2D eigenvalue weighted by Gasteiger charge is -1.66. The van der Waals surface area contributed by atoms with E-state index in [0.717, 1.165) is 7.11 Å². The smallest absolute Gasteiger partial charge is 0.400 e. The molecule has 50 valence electrons. The van der Waals surface area contributed by atoms with Gasteiger partial charge in [-0.2, -0.15) is 0 Å². The Bertz CT molecular complexity index is 49.2. The summed E-state index contributed by atoms with van der Waals surface area (Å²) in [7, 11) is 1.82. The Morgan fingerprint density at radius 2 is 1.50 bits per heavy atom. The van der Waals surface area contributed by atoms with Crippen LogP contribution in [0.1, 0.15) is 0 Å². The molecule has 0 aromatic rings. The molecular weight excluding hydrogens is 131 g/mol. The lowest BCUT2D eigenvalue weighted by atomic mass is 11.8. The average Bonchev–Trinajstić information content (AvgIpc) is 1.91. The third-order valence-corrected chi connectivity index (χ3v) is 0.894. The molecule has 0 amide bonds. The summed E-state index contributed by atoms with van der Waals surface area (Å²) < 4.78 is 18.3. The third kappa shape index (κ3) is 9.36. The van der Waals surface area contributed by atoms with Crippen LogP contribution in [-0.4, -0.2) is 26.4 Å². The van der Waals surface area contributed by atoms with Crippen molar-refractivity contribution >= 4 is 8.25 Å². The zero-order valence-electron chi connectivity index (χ0n) is 5.12. The van der Waals surface area contributed by atoms with E-state index in [0.29, 0.717) is 0 Å². The summed E-state index contributed by atoms with van der Waals surface area (Å²) in [5.41, 5.74) is 0. The Morgan fingerprint density at radius 1 is 1.25 bits per heavy atom. The minimum atomic E-state index is -1.83. The van der Waals surface area contributed by atoms with Gasteiger partial charge in [-0.25, -0.2) is 0 Å². The molecule has 0 saturated carbocycles. The number of hydrogen-bond acceptors (Lipinski definition) is 4. The minimum Gasteiger partial charge on any atom is -0.400 e. The molecule has 0 atom stereocenters. The molecule has 0 spiro atoms.